The van der Waals surface area contributed by atoms with Crippen molar-refractivity contribution in [3.05, 3.63) is 22.1 Å². The van der Waals surface area contributed by atoms with Crippen molar-refractivity contribution in [3.8, 4) is 0 Å². The van der Waals surface area contributed by atoms with E-state index in [4.69, 9.17) is 0 Å². The maximum absolute atomic E-state index is 12.8. The summed E-state index contributed by atoms with van der Waals surface area (Å²) in [5, 5.41) is 4.24. The molecule has 2 aliphatic heterocycles. The third kappa shape index (κ3) is 4.12. The van der Waals surface area contributed by atoms with E-state index in [1.165, 1.54) is 33.7 Å². The molecule has 4 rings (SSSR count). The Morgan fingerprint density at radius 1 is 1.07 bits per heavy atom. The van der Waals surface area contributed by atoms with Crippen LogP contribution in [-0.4, -0.2) is 82.1 Å². The normalized spacial score (nSPS) is 20.8. The minimum Gasteiger partial charge on any atom is -0.296 e. The minimum absolute atomic E-state index is 0.176. The van der Waals surface area contributed by atoms with Gasteiger partial charge in [-0.3, -0.25) is 9.69 Å². The van der Waals surface area contributed by atoms with E-state index in [1.807, 2.05) is 6.26 Å². The van der Waals surface area contributed by atoms with Gasteiger partial charge in [-0.1, -0.05) is 23.1 Å². The monoisotopic (exact) mass is 444 g/mol. The quantitative estimate of drug-likeness (QED) is 0.628. The van der Waals surface area contributed by atoms with Gasteiger partial charge in [-0.2, -0.15) is 21.5 Å². The zero-order valence-corrected chi connectivity index (χ0v) is 18.2. The van der Waals surface area contributed by atoms with Crippen LogP contribution in [0.3, 0.4) is 0 Å². The average Bonchev–Trinajstić information content (AvgIpc) is 3.29. The summed E-state index contributed by atoms with van der Waals surface area (Å²) in [6.45, 7) is 4.22. The van der Waals surface area contributed by atoms with Crippen LogP contribution in [0.2, 0.25) is 0 Å². The predicted molar refractivity (Wildman–Crippen MR) is 110 cm³/mol. The summed E-state index contributed by atoms with van der Waals surface area (Å²) in [7, 11) is -3.35. The van der Waals surface area contributed by atoms with Crippen LogP contribution in [-0.2, 0) is 16.8 Å². The molecular formula is C16H24N6O3S3. The number of aromatic nitrogens is 3. The van der Waals surface area contributed by atoms with Crippen molar-refractivity contribution in [2.45, 2.75) is 30.1 Å². The maximum Gasteiger partial charge on any atom is 0.282 e. The van der Waals surface area contributed by atoms with E-state index in [9.17, 15) is 13.2 Å². The van der Waals surface area contributed by atoms with E-state index in [0.717, 1.165) is 30.1 Å². The molecule has 2 aromatic rings. The van der Waals surface area contributed by atoms with E-state index in [1.54, 1.807) is 8.61 Å². The molecule has 2 aromatic heterocycles. The topological polar surface area (TPSA) is 91.1 Å². The fourth-order valence-electron chi connectivity index (χ4n) is 3.65. The van der Waals surface area contributed by atoms with Crippen LogP contribution in [0.25, 0.3) is 4.96 Å². The largest absolute Gasteiger partial charge is 0.296 e. The average molecular weight is 445 g/mol. The predicted octanol–water partition coefficient (Wildman–Crippen LogP) is 0.721. The number of thioether (sulfide) groups is 1. The number of rotatable bonds is 5. The van der Waals surface area contributed by atoms with Crippen molar-refractivity contribution in [3.63, 3.8) is 0 Å². The Bertz CT molecular complexity index is 999. The first-order valence-corrected chi connectivity index (χ1v) is 12.8. The molecule has 0 bridgehead atoms. The first-order valence-electron chi connectivity index (χ1n) is 9.39. The molecule has 0 aromatic carbocycles. The van der Waals surface area contributed by atoms with Crippen molar-refractivity contribution in [2.75, 3.05) is 45.5 Å². The summed E-state index contributed by atoms with van der Waals surface area (Å²) in [5.41, 5.74) is 0.529. The van der Waals surface area contributed by atoms with Crippen LogP contribution in [0.5, 0.6) is 0 Å². The third-order valence-electron chi connectivity index (χ3n) is 5.10. The Balaban J connectivity index is 1.45. The zero-order chi connectivity index (χ0) is 19.7. The highest BCUT2D eigenvalue weighted by Gasteiger charge is 2.32. The fraction of sp³-hybridized carbons (Fsp3) is 0.688. The molecule has 0 N–H and O–H groups in total. The van der Waals surface area contributed by atoms with Gasteiger partial charge in [-0.05, 0) is 32.1 Å². The van der Waals surface area contributed by atoms with E-state index in [2.05, 4.69) is 15.0 Å². The number of hydrogen-bond acceptors (Lipinski definition) is 8. The zero-order valence-electron chi connectivity index (χ0n) is 15.8. The summed E-state index contributed by atoms with van der Waals surface area (Å²) in [4.78, 5) is 19.7. The van der Waals surface area contributed by atoms with Gasteiger partial charge >= 0.3 is 0 Å². The van der Waals surface area contributed by atoms with Gasteiger partial charge in [-0.25, -0.2) is 4.98 Å². The molecule has 2 saturated heterocycles. The van der Waals surface area contributed by atoms with Gasteiger partial charge in [0.2, 0.25) is 4.96 Å². The van der Waals surface area contributed by atoms with Crippen LogP contribution in [0.4, 0.5) is 0 Å². The third-order valence-corrected chi connectivity index (χ3v) is 9.02. The van der Waals surface area contributed by atoms with Crippen molar-refractivity contribution >= 4 is 38.3 Å². The van der Waals surface area contributed by atoms with Gasteiger partial charge in [0.25, 0.3) is 15.8 Å². The first kappa shape index (κ1) is 20.2. The summed E-state index contributed by atoms with van der Waals surface area (Å²) in [6, 6.07) is 1.53. The van der Waals surface area contributed by atoms with Gasteiger partial charge < -0.3 is 0 Å². The molecule has 0 aliphatic carbocycles. The van der Waals surface area contributed by atoms with E-state index < -0.39 is 10.2 Å². The lowest BCUT2D eigenvalue weighted by Crippen LogP contribution is -2.44. The van der Waals surface area contributed by atoms with E-state index >= 15 is 0 Å². The molecule has 154 valence electrons. The lowest BCUT2D eigenvalue weighted by atomic mass is 10.3. The molecule has 9 nitrogen and oxygen atoms in total. The number of nitrogens with zero attached hydrogens (tertiary/aromatic N) is 6. The van der Waals surface area contributed by atoms with Gasteiger partial charge in [0.1, 0.15) is 0 Å². The summed E-state index contributed by atoms with van der Waals surface area (Å²) in [6.07, 6.45) is 4.58. The lowest BCUT2D eigenvalue weighted by Gasteiger charge is -2.26. The van der Waals surface area contributed by atoms with Crippen LogP contribution < -0.4 is 5.56 Å². The lowest BCUT2D eigenvalue weighted by molar-refractivity contribution is 0.273. The van der Waals surface area contributed by atoms with Crippen LogP contribution in [0, 0.1) is 0 Å². The summed E-state index contributed by atoms with van der Waals surface area (Å²) < 4.78 is 31.0. The van der Waals surface area contributed by atoms with Crippen molar-refractivity contribution in [1.82, 2.24) is 28.1 Å². The molecule has 0 spiro atoms. The summed E-state index contributed by atoms with van der Waals surface area (Å²) >= 11 is 2.89. The van der Waals surface area contributed by atoms with E-state index in [-0.39, 0.29) is 5.56 Å². The van der Waals surface area contributed by atoms with Crippen molar-refractivity contribution in [2.24, 2.45) is 0 Å². The Hall–Kier alpha value is -1.05. The second-order valence-corrected chi connectivity index (χ2v) is 10.9. The highest BCUT2D eigenvalue weighted by molar-refractivity contribution is 8.00. The molecule has 0 radical (unpaired) electrons. The summed E-state index contributed by atoms with van der Waals surface area (Å²) in [5.74, 6) is 0. The molecule has 2 aliphatic rings. The molecule has 0 unspecified atom stereocenters. The number of fused-ring (bicyclic) bond motifs is 1. The van der Waals surface area contributed by atoms with E-state index in [0.29, 0.717) is 49.9 Å². The second kappa shape index (κ2) is 8.36. The molecule has 0 atom stereocenters. The molecule has 28 heavy (non-hydrogen) atoms. The highest BCUT2D eigenvalue weighted by atomic mass is 32.2. The Labute approximate surface area is 172 Å². The first-order chi connectivity index (χ1) is 13.5. The van der Waals surface area contributed by atoms with Crippen LogP contribution in [0.15, 0.2) is 15.2 Å². The Morgan fingerprint density at radius 3 is 2.54 bits per heavy atom. The Morgan fingerprint density at radius 2 is 1.79 bits per heavy atom. The molecule has 12 heteroatoms. The maximum atomic E-state index is 12.8. The second-order valence-electron chi connectivity index (χ2n) is 6.99. The van der Waals surface area contributed by atoms with Gasteiger partial charge in [-0.15, -0.1) is 5.10 Å². The van der Waals surface area contributed by atoms with Crippen molar-refractivity contribution < 1.29 is 8.42 Å². The van der Waals surface area contributed by atoms with Crippen LogP contribution >= 0.6 is 23.1 Å². The van der Waals surface area contributed by atoms with Gasteiger partial charge in [0, 0.05) is 45.3 Å². The fourth-order valence-corrected chi connectivity index (χ4v) is 6.75. The van der Waals surface area contributed by atoms with Crippen molar-refractivity contribution in [1.29, 1.82) is 0 Å². The molecule has 0 saturated carbocycles. The number of hydrogen-bond donors (Lipinski definition) is 0. The molecule has 4 heterocycles. The molecular weight excluding hydrogens is 420 g/mol. The highest BCUT2D eigenvalue weighted by Crippen LogP contribution is 2.21. The SMILES string of the molecule is CSc1nn2c(=O)cc(CN3CCCN(S(=O)(=O)N4CCCC4)CC3)nc2s1. The Kier molecular flexibility index (Phi) is 6.04. The minimum atomic E-state index is -3.35. The van der Waals surface area contributed by atoms with Gasteiger partial charge in [0.15, 0.2) is 4.34 Å². The van der Waals surface area contributed by atoms with Gasteiger partial charge in [0.05, 0.1) is 5.69 Å². The standard InChI is InChI=1S/C16H24N6O3S3/c1-26-16-18-22-14(23)11-13(17-15(22)27-16)12-19-5-4-8-21(10-9-19)28(24,25)20-6-2-3-7-20/h11H,2-10,12H2,1H3. The van der Waals surface area contributed by atoms with Crippen LogP contribution in [0.1, 0.15) is 25.0 Å². The molecule has 2 fully saturated rings. The molecule has 0 amide bonds. The smallest absolute Gasteiger partial charge is 0.282 e.